The fourth-order valence-corrected chi connectivity index (χ4v) is 2.67. The number of carbonyl (C=O) groups is 1. The van der Waals surface area contributed by atoms with Gasteiger partial charge in [-0.1, -0.05) is 12.1 Å². The van der Waals surface area contributed by atoms with Crippen molar-refractivity contribution in [2.24, 2.45) is 0 Å². The zero-order chi connectivity index (χ0) is 17.0. The summed E-state index contributed by atoms with van der Waals surface area (Å²) in [6.07, 6.45) is -3.93. The Kier molecular flexibility index (Phi) is 5.64. The van der Waals surface area contributed by atoms with Gasteiger partial charge in [0.2, 0.25) is 0 Å². The summed E-state index contributed by atoms with van der Waals surface area (Å²) in [5.41, 5.74) is 0.680. The van der Waals surface area contributed by atoms with Crippen LogP contribution in [0.15, 0.2) is 4.52 Å². The van der Waals surface area contributed by atoms with E-state index in [4.69, 9.17) is 4.52 Å². The van der Waals surface area contributed by atoms with Gasteiger partial charge in [-0.2, -0.15) is 13.2 Å². The minimum absolute atomic E-state index is 0.230. The van der Waals surface area contributed by atoms with Gasteiger partial charge in [0.1, 0.15) is 17.4 Å². The molecule has 9 heteroatoms. The molecule has 6 nitrogen and oxygen atoms in total. The highest BCUT2D eigenvalue weighted by Crippen LogP contribution is 2.25. The molecule has 1 saturated heterocycles. The first-order valence-electron chi connectivity index (χ1n) is 7.59. The van der Waals surface area contributed by atoms with Crippen molar-refractivity contribution in [1.29, 1.82) is 0 Å². The van der Waals surface area contributed by atoms with E-state index in [2.05, 4.69) is 15.8 Å². The smallest absolute Gasteiger partial charge is 0.361 e. The second kappa shape index (κ2) is 7.31. The van der Waals surface area contributed by atoms with Crippen LogP contribution in [0.5, 0.6) is 0 Å². The van der Waals surface area contributed by atoms with Crippen molar-refractivity contribution in [3.8, 4) is 0 Å². The van der Waals surface area contributed by atoms with Crippen LogP contribution in [0, 0.1) is 6.92 Å². The Hall–Kier alpha value is -1.61. The van der Waals surface area contributed by atoms with E-state index < -0.39 is 24.7 Å². The molecule has 0 aliphatic carbocycles. The third-order valence-corrected chi connectivity index (χ3v) is 3.92. The van der Waals surface area contributed by atoms with Gasteiger partial charge < -0.3 is 15.2 Å². The van der Waals surface area contributed by atoms with Crippen molar-refractivity contribution in [1.82, 2.24) is 20.7 Å². The van der Waals surface area contributed by atoms with E-state index in [1.54, 1.807) is 13.8 Å². The summed E-state index contributed by atoms with van der Waals surface area (Å²) in [7, 11) is 0. The molecule has 1 fully saturated rings. The normalized spacial score (nSPS) is 18.0. The van der Waals surface area contributed by atoms with Crippen LogP contribution >= 0.6 is 0 Å². The fraction of sp³-hybridized carbons (Fsp3) is 0.714. The molecule has 1 unspecified atom stereocenters. The summed E-state index contributed by atoms with van der Waals surface area (Å²) < 4.78 is 44.8. The van der Waals surface area contributed by atoms with Gasteiger partial charge in [-0.05, 0) is 13.3 Å². The molecular formula is C14H21F3N4O2. The molecule has 0 aromatic carbocycles. The number of amides is 1. The zero-order valence-electron chi connectivity index (χ0n) is 13.2. The Morgan fingerprint density at radius 3 is 2.65 bits per heavy atom. The maximum Gasteiger partial charge on any atom is 0.405 e. The molecule has 23 heavy (non-hydrogen) atoms. The largest absolute Gasteiger partial charge is 0.405 e. The van der Waals surface area contributed by atoms with Crippen LogP contribution in [0.4, 0.5) is 13.2 Å². The molecule has 1 amide bonds. The molecule has 0 bridgehead atoms. The molecule has 1 atom stereocenters. The second-order valence-electron chi connectivity index (χ2n) is 5.47. The van der Waals surface area contributed by atoms with E-state index in [1.807, 2.05) is 0 Å². The topological polar surface area (TPSA) is 70.4 Å². The van der Waals surface area contributed by atoms with Crippen LogP contribution in [-0.2, 0) is 6.42 Å². The quantitative estimate of drug-likeness (QED) is 0.844. The summed E-state index contributed by atoms with van der Waals surface area (Å²) >= 11 is 0. The number of halogens is 3. The average molecular weight is 334 g/mol. The first-order valence-corrected chi connectivity index (χ1v) is 7.59. The first kappa shape index (κ1) is 17.7. The number of hydrogen-bond acceptors (Lipinski definition) is 5. The summed E-state index contributed by atoms with van der Waals surface area (Å²) in [5, 5.41) is 9.14. The lowest BCUT2D eigenvalue weighted by Gasteiger charge is -2.35. The van der Waals surface area contributed by atoms with Crippen LogP contribution in [-0.4, -0.2) is 60.9 Å². The van der Waals surface area contributed by atoms with E-state index in [0.717, 1.165) is 0 Å². The number of piperazine rings is 1. The van der Waals surface area contributed by atoms with Gasteiger partial charge in [0, 0.05) is 32.7 Å². The van der Waals surface area contributed by atoms with E-state index in [-0.39, 0.29) is 5.56 Å². The van der Waals surface area contributed by atoms with Crippen molar-refractivity contribution < 1.29 is 22.5 Å². The second-order valence-corrected chi connectivity index (χ2v) is 5.47. The molecule has 2 N–H and O–H groups in total. The number of nitrogens with one attached hydrogen (secondary N) is 2. The van der Waals surface area contributed by atoms with Crippen molar-refractivity contribution in [2.75, 3.05) is 32.7 Å². The molecule has 2 heterocycles. The highest BCUT2D eigenvalue weighted by atomic mass is 19.4. The lowest BCUT2D eigenvalue weighted by molar-refractivity contribution is -0.183. The number of nitrogens with zero attached hydrogens (tertiary/aromatic N) is 2. The fourth-order valence-electron chi connectivity index (χ4n) is 2.67. The lowest BCUT2D eigenvalue weighted by Crippen LogP contribution is -2.57. The van der Waals surface area contributed by atoms with Gasteiger partial charge in [-0.25, -0.2) is 0 Å². The average Bonchev–Trinajstić information content (AvgIpc) is 2.88. The van der Waals surface area contributed by atoms with E-state index in [1.165, 1.54) is 4.90 Å². The lowest BCUT2D eigenvalue weighted by atomic mass is 10.1. The molecule has 1 aliphatic rings. The minimum Gasteiger partial charge on any atom is -0.361 e. The molecule has 0 spiro atoms. The SMILES string of the molecule is CCc1noc(C)c1C(=O)NCC(N1CCNCC1)C(F)(F)F. The maximum absolute atomic E-state index is 13.3. The van der Waals surface area contributed by atoms with Crippen molar-refractivity contribution in [3.63, 3.8) is 0 Å². The Labute approximate surface area is 132 Å². The standard InChI is InChI=1S/C14H21F3N4O2/c1-3-10-12(9(2)23-20-10)13(22)19-8-11(14(15,16)17)21-6-4-18-5-7-21/h11,18H,3-8H2,1-2H3,(H,19,22). The number of hydrogen-bond donors (Lipinski definition) is 2. The molecular weight excluding hydrogens is 313 g/mol. The van der Waals surface area contributed by atoms with Gasteiger partial charge >= 0.3 is 6.18 Å². The van der Waals surface area contributed by atoms with Crippen LogP contribution in [0.1, 0.15) is 28.7 Å². The highest BCUT2D eigenvalue weighted by molar-refractivity contribution is 5.96. The summed E-state index contributed by atoms with van der Waals surface area (Å²) in [6.45, 7) is 4.48. The summed E-state index contributed by atoms with van der Waals surface area (Å²) in [6, 6.07) is -1.70. The van der Waals surface area contributed by atoms with Gasteiger partial charge in [0.25, 0.3) is 5.91 Å². The third-order valence-electron chi connectivity index (χ3n) is 3.92. The number of aromatic nitrogens is 1. The highest BCUT2D eigenvalue weighted by Gasteiger charge is 2.44. The van der Waals surface area contributed by atoms with Crippen LogP contribution in [0.2, 0.25) is 0 Å². The zero-order valence-corrected chi connectivity index (χ0v) is 13.2. The van der Waals surface area contributed by atoms with Crippen molar-refractivity contribution in [3.05, 3.63) is 17.0 Å². The Balaban J connectivity index is 2.05. The Morgan fingerprint density at radius 2 is 2.09 bits per heavy atom. The Bertz CT molecular complexity index is 539. The minimum atomic E-state index is -4.40. The number of rotatable bonds is 5. The third kappa shape index (κ3) is 4.23. The van der Waals surface area contributed by atoms with Gasteiger partial charge in [-0.3, -0.25) is 9.69 Å². The molecule has 1 aliphatic heterocycles. The maximum atomic E-state index is 13.3. The molecule has 1 aromatic heterocycles. The molecule has 130 valence electrons. The van der Waals surface area contributed by atoms with Crippen LogP contribution in [0.3, 0.4) is 0 Å². The van der Waals surface area contributed by atoms with Crippen LogP contribution in [0.25, 0.3) is 0 Å². The number of alkyl halides is 3. The van der Waals surface area contributed by atoms with E-state index in [9.17, 15) is 18.0 Å². The number of carbonyl (C=O) groups excluding carboxylic acids is 1. The molecule has 2 rings (SSSR count). The van der Waals surface area contributed by atoms with E-state index in [0.29, 0.717) is 44.1 Å². The van der Waals surface area contributed by atoms with Crippen molar-refractivity contribution in [2.45, 2.75) is 32.5 Å². The molecule has 1 aromatic rings. The first-order chi connectivity index (χ1) is 10.8. The predicted octanol–water partition coefficient (Wildman–Crippen LogP) is 1.11. The monoisotopic (exact) mass is 334 g/mol. The van der Waals surface area contributed by atoms with Gasteiger partial charge in [0.15, 0.2) is 0 Å². The van der Waals surface area contributed by atoms with Crippen molar-refractivity contribution >= 4 is 5.91 Å². The van der Waals surface area contributed by atoms with E-state index >= 15 is 0 Å². The molecule has 0 saturated carbocycles. The van der Waals surface area contributed by atoms with Gasteiger partial charge in [-0.15, -0.1) is 0 Å². The molecule has 0 radical (unpaired) electrons. The predicted molar refractivity (Wildman–Crippen MR) is 77.2 cm³/mol. The van der Waals surface area contributed by atoms with Gasteiger partial charge in [0.05, 0.1) is 5.69 Å². The van der Waals surface area contributed by atoms with Crippen LogP contribution < -0.4 is 10.6 Å². The number of aryl methyl sites for hydroxylation is 2. The summed E-state index contributed by atoms with van der Waals surface area (Å²) in [5.74, 6) is -0.268. The summed E-state index contributed by atoms with van der Waals surface area (Å²) in [4.78, 5) is 13.6. The Morgan fingerprint density at radius 1 is 1.43 bits per heavy atom.